The van der Waals surface area contributed by atoms with Crippen LogP contribution in [-0.2, 0) is 4.74 Å². The molecule has 0 fully saturated rings. The smallest absolute Gasteiger partial charge is 0.406 e. The van der Waals surface area contributed by atoms with E-state index in [2.05, 4.69) is 31.3 Å². The first kappa shape index (κ1) is 14.4. The molecule has 0 heterocycles. The van der Waals surface area contributed by atoms with Gasteiger partial charge in [0.1, 0.15) is 12.4 Å². The Balaban J connectivity index is 2.46. The molecule has 0 aliphatic rings. The molecular weight excluding hydrogens is 307 g/mol. The monoisotopic (exact) mass is 318 g/mol. The van der Waals surface area contributed by atoms with Crippen LogP contribution in [0.25, 0.3) is 0 Å². The van der Waals surface area contributed by atoms with E-state index >= 15 is 0 Å². The Morgan fingerprint density at radius 3 is 2.83 bits per heavy atom. The number of hydrogen-bond donors (Lipinski definition) is 2. The third-order valence-corrected chi connectivity index (χ3v) is 2.49. The topological polar surface area (TPSA) is 67.4 Å². The summed E-state index contributed by atoms with van der Waals surface area (Å²) in [6.07, 6.45) is -0.585. The molecule has 0 radical (unpaired) electrons. The molecule has 7 heteroatoms. The van der Waals surface area contributed by atoms with Gasteiger partial charge in [-0.25, -0.2) is 9.18 Å². The average molecular weight is 319 g/mol. The summed E-state index contributed by atoms with van der Waals surface area (Å²) >= 11 is 3.15. The Kier molecular flexibility index (Phi) is 5.57. The average Bonchev–Trinajstić information content (AvgIpc) is 2.36. The number of carbonyl (C=O) groups is 2. The van der Waals surface area contributed by atoms with Crippen molar-refractivity contribution in [3.05, 3.63) is 34.1 Å². The first-order valence-corrected chi connectivity index (χ1v) is 5.91. The molecule has 0 aromatic heterocycles. The summed E-state index contributed by atoms with van der Waals surface area (Å²) in [6, 6.07) is 4.07. The molecule has 1 aromatic rings. The lowest BCUT2D eigenvalue weighted by Gasteiger charge is -2.07. The summed E-state index contributed by atoms with van der Waals surface area (Å²) in [5, 5.41) is 4.70. The Morgan fingerprint density at radius 1 is 1.44 bits per heavy atom. The van der Waals surface area contributed by atoms with Crippen LogP contribution in [0.15, 0.2) is 22.7 Å². The minimum Gasteiger partial charge on any atom is -0.448 e. The van der Waals surface area contributed by atoms with E-state index in [-0.39, 0.29) is 18.7 Å². The summed E-state index contributed by atoms with van der Waals surface area (Å²) in [6.45, 7) is 0.124. The molecule has 5 nitrogen and oxygen atoms in total. The minimum atomic E-state index is -0.608. The minimum absolute atomic E-state index is 0.0149. The van der Waals surface area contributed by atoms with E-state index in [1.54, 1.807) is 0 Å². The lowest BCUT2D eigenvalue weighted by atomic mass is 10.2. The van der Waals surface area contributed by atoms with E-state index in [9.17, 15) is 14.0 Å². The standard InChI is InChI=1S/C11H12BrFN2O3/c1-14-11(17)18-5-4-15-10(16)8-6-7(12)2-3-9(8)13/h2-3,6H,4-5H2,1H3,(H,14,17)(H,15,16). The van der Waals surface area contributed by atoms with E-state index in [1.165, 1.54) is 25.2 Å². The Hall–Kier alpha value is -1.63. The summed E-state index contributed by atoms with van der Waals surface area (Å²) in [5.41, 5.74) is -0.0654. The van der Waals surface area contributed by atoms with Crippen LogP contribution in [-0.4, -0.2) is 32.2 Å². The molecule has 0 aliphatic carbocycles. The van der Waals surface area contributed by atoms with Gasteiger partial charge < -0.3 is 15.4 Å². The van der Waals surface area contributed by atoms with Crippen molar-refractivity contribution in [3.63, 3.8) is 0 Å². The molecule has 18 heavy (non-hydrogen) atoms. The second-order valence-electron chi connectivity index (χ2n) is 3.27. The van der Waals surface area contributed by atoms with Crippen LogP contribution in [0.1, 0.15) is 10.4 Å². The zero-order chi connectivity index (χ0) is 13.5. The highest BCUT2D eigenvalue weighted by atomic mass is 79.9. The normalized spacial score (nSPS) is 9.72. The van der Waals surface area contributed by atoms with Crippen molar-refractivity contribution >= 4 is 27.9 Å². The van der Waals surface area contributed by atoms with Gasteiger partial charge in [0.05, 0.1) is 12.1 Å². The zero-order valence-corrected chi connectivity index (χ0v) is 11.2. The number of alkyl carbamates (subject to hydrolysis) is 1. The van der Waals surface area contributed by atoms with Crippen LogP contribution in [0.2, 0.25) is 0 Å². The van der Waals surface area contributed by atoms with Crippen molar-refractivity contribution in [1.82, 2.24) is 10.6 Å². The predicted octanol–water partition coefficient (Wildman–Crippen LogP) is 1.67. The molecule has 0 aliphatic heterocycles. The number of carbonyl (C=O) groups excluding carboxylic acids is 2. The second-order valence-corrected chi connectivity index (χ2v) is 4.18. The van der Waals surface area contributed by atoms with E-state index in [4.69, 9.17) is 0 Å². The molecule has 0 unspecified atom stereocenters. The Bertz CT molecular complexity index is 454. The van der Waals surface area contributed by atoms with Crippen LogP contribution >= 0.6 is 15.9 Å². The van der Waals surface area contributed by atoms with Gasteiger partial charge in [-0.1, -0.05) is 15.9 Å². The summed E-state index contributed by atoms with van der Waals surface area (Å²) < 4.78 is 18.6. The third-order valence-electron chi connectivity index (χ3n) is 2.00. The van der Waals surface area contributed by atoms with Crippen molar-refractivity contribution in [2.45, 2.75) is 0 Å². The molecule has 1 aromatic carbocycles. The molecule has 0 spiro atoms. The highest BCUT2D eigenvalue weighted by Crippen LogP contribution is 2.15. The van der Waals surface area contributed by atoms with Crippen LogP contribution in [0.4, 0.5) is 9.18 Å². The molecule has 0 bridgehead atoms. The van der Waals surface area contributed by atoms with Crippen LogP contribution < -0.4 is 10.6 Å². The van der Waals surface area contributed by atoms with Gasteiger partial charge in [0.25, 0.3) is 5.91 Å². The van der Waals surface area contributed by atoms with E-state index in [0.29, 0.717) is 4.47 Å². The SMILES string of the molecule is CNC(=O)OCCNC(=O)c1cc(Br)ccc1F. The molecule has 0 saturated heterocycles. The maximum Gasteiger partial charge on any atom is 0.406 e. The maximum absolute atomic E-state index is 13.3. The van der Waals surface area contributed by atoms with Gasteiger partial charge in [-0.3, -0.25) is 4.79 Å². The quantitative estimate of drug-likeness (QED) is 0.830. The van der Waals surface area contributed by atoms with Crippen LogP contribution in [0.3, 0.4) is 0 Å². The molecule has 2 amide bonds. The molecule has 1 rings (SSSR count). The Labute approximate surface area is 112 Å². The fourth-order valence-electron chi connectivity index (χ4n) is 1.15. The fraction of sp³-hybridized carbons (Fsp3) is 0.273. The maximum atomic E-state index is 13.3. The highest BCUT2D eigenvalue weighted by molar-refractivity contribution is 9.10. The number of nitrogens with one attached hydrogen (secondary N) is 2. The largest absolute Gasteiger partial charge is 0.448 e. The molecule has 2 N–H and O–H groups in total. The number of halogens is 2. The van der Waals surface area contributed by atoms with Gasteiger partial charge >= 0.3 is 6.09 Å². The van der Waals surface area contributed by atoms with Gasteiger partial charge in [0.15, 0.2) is 0 Å². The van der Waals surface area contributed by atoms with Gasteiger partial charge in [0, 0.05) is 11.5 Å². The lowest BCUT2D eigenvalue weighted by Crippen LogP contribution is -2.30. The third kappa shape index (κ3) is 4.33. The zero-order valence-electron chi connectivity index (χ0n) is 9.63. The number of hydrogen-bond acceptors (Lipinski definition) is 3. The van der Waals surface area contributed by atoms with E-state index < -0.39 is 17.8 Å². The van der Waals surface area contributed by atoms with Crippen molar-refractivity contribution in [2.75, 3.05) is 20.2 Å². The predicted molar refractivity (Wildman–Crippen MR) is 66.8 cm³/mol. The van der Waals surface area contributed by atoms with Crippen LogP contribution in [0, 0.1) is 5.82 Å². The fourth-order valence-corrected chi connectivity index (χ4v) is 1.51. The highest BCUT2D eigenvalue weighted by Gasteiger charge is 2.11. The first-order valence-electron chi connectivity index (χ1n) is 5.12. The van der Waals surface area contributed by atoms with Gasteiger partial charge in [-0.05, 0) is 18.2 Å². The summed E-state index contributed by atoms with van der Waals surface area (Å²) in [4.78, 5) is 22.3. The number of benzene rings is 1. The molecule has 0 saturated carbocycles. The van der Waals surface area contributed by atoms with E-state index in [1.807, 2.05) is 0 Å². The van der Waals surface area contributed by atoms with Crippen molar-refractivity contribution < 1.29 is 18.7 Å². The summed E-state index contributed by atoms with van der Waals surface area (Å²) in [5.74, 6) is -1.17. The lowest BCUT2D eigenvalue weighted by molar-refractivity contribution is 0.0930. The molecule has 0 atom stereocenters. The van der Waals surface area contributed by atoms with Gasteiger partial charge in [0.2, 0.25) is 0 Å². The summed E-state index contributed by atoms with van der Waals surface area (Å²) in [7, 11) is 1.43. The van der Waals surface area contributed by atoms with Crippen molar-refractivity contribution in [1.29, 1.82) is 0 Å². The number of ether oxygens (including phenoxy) is 1. The van der Waals surface area contributed by atoms with Crippen molar-refractivity contribution in [3.8, 4) is 0 Å². The van der Waals surface area contributed by atoms with Crippen LogP contribution in [0.5, 0.6) is 0 Å². The molecule has 98 valence electrons. The number of rotatable bonds is 4. The van der Waals surface area contributed by atoms with Crippen molar-refractivity contribution in [2.24, 2.45) is 0 Å². The number of amides is 2. The molecular formula is C11H12BrFN2O3. The van der Waals surface area contributed by atoms with Gasteiger partial charge in [-0.15, -0.1) is 0 Å². The second kappa shape index (κ2) is 6.95. The Morgan fingerprint density at radius 2 is 2.17 bits per heavy atom. The van der Waals surface area contributed by atoms with E-state index in [0.717, 1.165) is 0 Å². The first-order chi connectivity index (χ1) is 8.54. The van der Waals surface area contributed by atoms with Gasteiger partial charge in [-0.2, -0.15) is 0 Å².